The van der Waals surface area contributed by atoms with Crippen LogP contribution in [0.1, 0.15) is 27.6 Å². The molecule has 10 heteroatoms. The molecule has 1 heterocycles. The van der Waals surface area contributed by atoms with Gasteiger partial charge in [-0.3, -0.25) is 4.79 Å². The average molecular weight is 354 g/mol. The summed E-state index contributed by atoms with van der Waals surface area (Å²) in [6.07, 6.45) is 0. The molecule has 2 aromatic rings. The van der Waals surface area contributed by atoms with E-state index in [9.17, 15) is 33.4 Å². The SMILES string of the molecule is CCOc1c(F)cc(F)cc1-c1c(C(=O)O)c(N)[nH]c(=O)c1C(=O)O. The van der Waals surface area contributed by atoms with Gasteiger partial charge in [-0.25, -0.2) is 18.4 Å². The van der Waals surface area contributed by atoms with Crippen molar-refractivity contribution in [3.8, 4) is 16.9 Å². The molecule has 2 rings (SSSR count). The van der Waals surface area contributed by atoms with Crippen LogP contribution in [0.5, 0.6) is 5.75 Å². The summed E-state index contributed by atoms with van der Waals surface area (Å²) in [4.78, 5) is 36.8. The fourth-order valence-corrected chi connectivity index (χ4v) is 2.35. The first-order chi connectivity index (χ1) is 11.7. The number of H-pyrrole nitrogens is 1. The third-order valence-corrected chi connectivity index (χ3v) is 3.24. The van der Waals surface area contributed by atoms with Gasteiger partial charge < -0.3 is 25.7 Å². The molecule has 0 atom stereocenters. The smallest absolute Gasteiger partial charge is 0.342 e. The number of halogens is 2. The van der Waals surface area contributed by atoms with Gasteiger partial charge in [-0.2, -0.15) is 0 Å². The van der Waals surface area contributed by atoms with E-state index in [1.54, 1.807) is 0 Å². The summed E-state index contributed by atoms with van der Waals surface area (Å²) in [5.41, 5.74) is 1.10. The standard InChI is InChI=1S/C15H12F2N2O6/c1-2-25-11-6(3-5(16)4-7(11)17)8-9(14(21)22)12(18)19-13(20)10(8)15(23)24/h3-4H,2H2,1H3,(H,21,22)(H,23,24)(H3,18,19,20). The summed E-state index contributed by atoms with van der Waals surface area (Å²) >= 11 is 0. The Hall–Kier alpha value is -3.43. The number of ether oxygens (including phenoxy) is 1. The Balaban J connectivity index is 3.08. The van der Waals surface area contributed by atoms with Gasteiger partial charge in [-0.15, -0.1) is 0 Å². The van der Waals surface area contributed by atoms with Crippen LogP contribution in [0.3, 0.4) is 0 Å². The van der Waals surface area contributed by atoms with Crippen molar-refractivity contribution in [2.75, 3.05) is 12.3 Å². The van der Waals surface area contributed by atoms with Gasteiger partial charge in [-0.05, 0) is 13.0 Å². The van der Waals surface area contributed by atoms with Crippen LogP contribution in [0, 0.1) is 11.6 Å². The number of aromatic carboxylic acids is 2. The van der Waals surface area contributed by atoms with Crippen molar-refractivity contribution in [1.82, 2.24) is 4.98 Å². The van der Waals surface area contributed by atoms with Gasteiger partial charge in [0.15, 0.2) is 11.6 Å². The normalized spacial score (nSPS) is 10.5. The highest BCUT2D eigenvalue weighted by atomic mass is 19.1. The summed E-state index contributed by atoms with van der Waals surface area (Å²) in [5.74, 6) is -7.07. The Bertz CT molecular complexity index is 939. The number of hydrogen-bond donors (Lipinski definition) is 4. The molecule has 0 saturated carbocycles. The van der Waals surface area contributed by atoms with Crippen molar-refractivity contribution in [3.05, 3.63) is 45.2 Å². The summed E-state index contributed by atoms with van der Waals surface area (Å²) < 4.78 is 32.8. The molecule has 0 bridgehead atoms. The quantitative estimate of drug-likeness (QED) is 0.640. The molecule has 0 saturated heterocycles. The predicted octanol–water partition coefficient (Wildman–Crippen LogP) is 1.70. The van der Waals surface area contributed by atoms with E-state index in [0.29, 0.717) is 12.1 Å². The maximum Gasteiger partial charge on any atom is 0.342 e. The first-order valence-electron chi connectivity index (χ1n) is 6.83. The van der Waals surface area contributed by atoms with E-state index >= 15 is 0 Å². The zero-order valence-electron chi connectivity index (χ0n) is 12.7. The summed E-state index contributed by atoms with van der Waals surface area (Å²) in [6.45, 7) is 1.40. The highest BCUT2D eigenvalue weighted by Crippen LogP contribution is 2.38. The molecule has 0 amide bonds. The molecule has 5 N–H and O–H groups in total. The topological polar surface area (TPSA) is 143 Å². The van der Waals surface area contributed by atoms with Gasteiger partial charge in [-0.1, -0.05) is 0 Å². The van der Waals surface area contributed by atoms with Crippen LogP contribution in [0.15, 0.2) is 16.9 Å². The number of carboxylic acid groups (broad SMARTS) is 2. The van der Waals surface area contributed by atoms with E-state index in [4.69, 9.17) is 10.5 Å². The molecule has 0 radical (unpaired) electrons. The van der Waals surface area contributed by atoms with Crippen LogP contribution < -0.4 is 16.0 Å². The second-order valence-corrected chi connectivity index (χ2v) is 4.80. The lowest BCUT2D eigenvalue weighted by Crippen LogP contribution is -2.24. The fourth-order valence-electron chi connectivity index (χ4n) is 2.35. The van der Waals surface area contributed by atoms with Gasteiger partial charge in [0.2, 0.25) is 0 Å². The number of aromatic nitrogens is 1. The lowest BCUT2D eigenvalue weighted by molar-refractivity contribution is 0.0695. The molecule has 0 fully saturated rings. The second-order valence-electron chi connectivity index (χ2n) is 4.80. The highest BCUT2D eigenvalue weighted by molar-refractivity contribution is 6.08. The molecule has 0 spiro atoms. The number of anilines is 1. The monoisotopic (exact) mass is 354 g/mol. The van der Waals surface area contributed by atoms with Crippen molar-refractivity contribution in [2.24, 2.45) is 0 Å². The first kappa shape index (κ1) is 17.9. The Labute approximate surface area is 138 Å². The molecule has 1 aromatic heterocycles. The minimum Gasteiger partial charge on any atom is -0.490 e. The number of carbonyl (C=O) groups is 2. The molecule has 0 unspecified atom stereocenters. The third-order valence-electron chi connectivity index (χ3n) is 3.24. The first-order valence-corrected chi connectivity index (χ1v) is 6.83. The van der Waals surface area contributed by atoms with Gasteiger partial charge in [0.1, 0.15) is 22.8 Å². The van der Waals surface area contributed by atoms with Gasteiger partial charge in [0, 0.05) is 17.2 Å². The summed E-state index contributed by atoms with van der Waals surface area (Å²) in [5, 5.41) is 18.6. The van der Waals surface area contributed by atoms with Gasteiger partial charge in [0.25, 0.3) is 5.56 Å². The molecule has 8 nitrogen and oxygen atoms in total. The predicted molar refractivity (Wildman–Crippen MR) is 81.9 cm³/mol. The van der Waals surface area contributed by atoms with E-state index in [1.807, 2.05) is 4.98 Å². The van der Waals surface area contributed by atoms with E-state index in [1.165, 1.54) is 6.92 Å². The number of nitrogens with one attached hydrogen (secondary N) is 1. The molecule has 1 aromatic carbocycles. The van der Waals surface area contributed by atoms with Crippen molar-refractivity contribution in [1.29, 1.82) is 0 Å². The van der Waals surface area contributed by atoms with E-state index in [-0.39, 0.29) is 6.61 Å². The van der Waals surface area contributed by atoms with Gasteiger partial charge in [0.05, 0.1) is 6.61 Å². The number of nitrogen functional groups attached to an aromatic ring is 1. The maximum atomic E-state index is 14.1. The number of aromatic amines is 1. The average Bonchev–Trinajstić information content (AvgIpc) is 2.47. The number of nitrogens with two attached hydrogens (primary N) is 1. The van der Waals surface area contributed by atoms with Crippen LogP contribution in [0.2, 0.25) is 0 Å². The Morgan fingerprint density at radius 3 is 2.32 bits per heavy atom. The van der Waals surface area contributed by atoms with Crippen LogP contribution in [-0.2, 0) is 0 Å². The van der Waals surface area contributed by atoms with Gasteiger partial charge >= 0.3 is 11.9 Å². The van der Waals surface area contributed by atoms with Crippen LogP contribution in [-0.4, -0.2) is 33.7 Å². The lowest BCUT2D eigenvalue weighted by atomic mass is 9.94. The second kappa shape index (κ2) is 6.59. The van der Waals surface area contributed by atoms with E-state index in [2.05, 4.69) is 0 Å². The zero-order chi connectivity index (χ0) is 18.9. The molecule has 132 valence electrons. The fraction of sp³-hybridized carbons (Fsp3) is 0.133. The maximum absolute atomic E-state index is 14.1. The van der Waals surface area contributed by atoms with Crippen LogP contribution in [0.25, 0.3) is 11.1 Å². The summed E-state index contributed by atoms with van der Waals surface area (Å²) in [6, 6.07) is 1.15. The third kappa shape index (κ3) is 3.13. The highest BCUT2D eigenvalue weighted by Gasteiger charge is 2.29. The molecule has 0 aliphatic heterocycles. The van der Waals surface area contributed by atoms with Crippen LogP contribution in [0.4, 0.5) is 14.6 Å². The molecular formula is C15H12F2N2O6. The molecule has 25 heavy (non-hydrogen) atoms. The van der Waals surface area contributed by atoms with Crippen molar-refractivity contribution >= 4 is 17.8 Å². The number of rotatable bonds is 5. The number of pyridine rings is 1. The number of hydrogen-bond acceptors (Lipinski definition) is 5. The Kier molecular flexibility index (Phi) is 4.72. The van der Waals surface area contributed by atoms with E-state index in [0.717, 1.165) is 0 Å². The Morgan fingerprint density at radius 1 is 1.20 bits per heavy atom. The zero-order valence-corrected chi connectivity index (χ0v) is 12.7. The lowest BCUT2D eigenvalue weighted by Gasteiger charge is -2.16. The van der Waals surface area contributed by atoms with Crippen molar-refractivity contribution in [2.45, 2.75) is 6.92 Å². The molecule has 0 aliphatic carbocycles. The van der Waals surface area contributed by atoms with Crippen molar-refractivity contribution in [3.63, 3.8) is 0 Å². The minimum absolute atomic E-state index is 0.0843. The number of benzene rings is 1. The van der Waals surface area contributed by atoms with E-state index < -0.39 is 63.0 Å². The number of carboxylic acids is 2. The minimum atomic E-state index is -1.80. The molecular weight excluding hydrogens is 342 g/mol. The van der Waals surface area contributed by atoms with Crippen LogP contribution >= 0.6 is 0 Å². The Morgan fingerprint density at radius 2 is 1.80 bits per heavy atom. The largest absolute Gasteiger partial charge is 0.490 e. The van der Waals surface area contributed by atoms with Crippen molar-refractivity contribution < 1.29 is 33.3 Å². The molecule has 0 aliphatic rings. The summed E-state index contributed by atoms with van der Waals surface area (Å²) in [7, 11) is 0.